The van der Waals surface area contributed by atoms with Crippen LogP contribution in [0.15, 0.2) is 36.9 Å². The minimum atomic E-state index is -1.10. The molecule has 82 valence electrons. The van der Waals surface area contributed by atoms with Gasteiger partial charge in [-0.3, -0.25) is 0 Å². The van der Waals surface area contributed by atoms with Crippen LogP contribution in [0.4, 0.5) is 0 Å². The molecule has 0 aliphatic heterocycles. The maximum Gasteiger partial charge on any atom is 0.0518 e. The molecule has 0 amide bonds. The first-order chi connectivity index (χ1) is 6.96. The van der Waals surface area contributed by atoms with Crippen molar-refractivity contribution in [2.45, 2.75) is 38.5 Å². The highest BCUT2D eigenvalue weighted by atomic mass is 28.3. The van der Waals surface area contributed by atoms with E-state index in [9.17, 15) is 0 Å². The second kappa shape index (κ2) is 4.80. The van der Waals surface area contributed by atoms with Crippen LogP contribution in [-0.4, -0.2) is 8.07 Å². The quantitative estimate of drug-likeness (QED) is 0.519. The summed E-state index contributed by atoms with van der Waals surface area (Å²) in [6.07, 6.45) is 2.99. The second-order valence-corrected chi connectivity index (χ2v) is 10.9. The Hall–Kier alpha value is -0.823. The molecule has 1 aromatic rings. The fourth-order valence-corrected chi connectivity index (χ4v) is 2.98. The van der Waals surface area contributed by atoms with Crippen molar-refractivity contribution < 1.29 is 0 Å². The summed E-state index contributed by atoms with van der Waals surface area (Å²) in [4.78, 5) is 0. The molecule has 0 radical (unpaired) electrons. The topological polar surface area (TPSA) is 0 Å². The summed E-state index contributed by atoms with van der Waals surface area (Å²) in [5, 5.41) is 0. The van der Waals surface area contributed by atoms with Gasteiger partial charge in [-0.25, -0.2) is 0 Å². The van der Waals surface area contributed by atoms with Gasteiger partial charge in [0.2, 0.25) is 0 Å². The summed E-state index contributed by atoms with van der Waals surface area (Å²) in [6.45, 7) is 13.5. The average Bonchev–Trinajstić information content (AvgIpc) is 2.17. The molecule has 0 aliphatic carbocycles. The molecule has 1 atom stereocenters. The van der Waals surface area contributed by atoms with E-state index in [1.807, 2.05) is 6.08 Å². The molecule has 0 fully saturated rings. The Morgan fingerprint density at radius 1 is 1.27 bits per heavy atom. The molecule has 0 nitrogen and oxygen atoms in total. The van der Waals surface area contributed by atoms with Crippen LogP contribution in [-0.2, 0) is 6.42 Å². The van der Waals surface area contributed by atoms with Gasteiger partial charge < -0.3 is 0 Å². The minimum Gasteiger partial charge on any atom is -0.103 e. The fourth-order valence-electron chi connectivity index (χ4n) is 1.76. The summed E-state index contributed by atoms with van der Waals surface area (Å²) in [6, 6.07) is 8.78. The second-order valence-electron chi connectivity index (χ2n) is 5.28. The Bertz CT molecular complexity index is 333. The number of benzene rings is 1. The van der Waals surface area contributed by atoms with Crippen LogP contribution in [0.3, 0.4) is 0 Å². The average molecular weight is 218 g/mol. The van der Waals surface area contributed by atoms with E-state index in [1.165, 1.54) is 11.1 Å². The third-order valence-corrected chi connectivity index (χ3v) is 6.09. The molecule has 0 N–H and O–H groups in total. The Labute approximate surface area is 95.0 Å². The molecule has 0 saturated heterocycles. The summed E-state index contributed by atoms with van der Waals surface area (Å²) >= 11 is 0. The van der Waals surface area contributed by atoms with Crippen LogP contribution in [0, 0.1) is 0 Å². The zero-order valence-corrected chi connectivity index (χ0v) is 11.4. The van der Waals surface area contributed by atoms with Crippen molar-refractivity contribution >= 4 is 8.07 Å². The van der Waals surface area contributed by atoms with Gasteiger partial charge in [0.15, 0.2) is 0 Å². The Morgan fingerprint density at radius 2 is 1.87 bits per heavy atom. The highest BCUT2D eigenvalue weighted by Crippen LogP contribution is 2.29. The highest BCUT2D eigenvalue weighted by Gasteiger charge is 2.24. The summed E-state index contributed by atoms with van der Waals surface area (Å²) in [5.74, 6) is 0. The lowest BCUT2D eigenvalue weighted by Crippen LogP contribution is -2.29. The lowest BCUT2D eigenvalue weighted by molar-refractivity contribution is 0.986. The lowest BCUT2D eigenvalue weighted by Gasteiger charge is -2.27. The van der Waals surface area contributed by atoms with E-state index in [2.05, 4.69) is 57.4 Å². The van der Waals surface area contributed by atoms with Gasteiger partial charge in [0.05, 0.1) is 8.07 Å². The van der Waals surface area contributed by atoms with Crippen LogP contribution < -0.4 is 0 Å². The molecular formula is C14H22Si. The van der Waals surface area contributed by atoms with Crippen molar-refractivity contribution in [2.75, 3.05) is 0 Å². The number of hydrogen-bond acceptors (Lipinski definition) is 0. The van der Waals surface area contributed by atoms with E-state index in [4.69, 9.17) is 0 Å². The van der Waals surface area contributed by atoms with E-state index in [-0.39, 0.29) is 0 Å². The summed E-state index contributed by atoms with van der Waals surface area (Å²) in [7, 11) is -1.10. The van der Waals surface area contributed by atoms with Crippen LogP contribution in [0.1, 0.15) is 23.6 Å². The number of allylic oxidation sites excluding steroid dienone is 1. The fraction of sp³-hybridized carbons (Fsp3) is 0.429. The van der Waals surface area contributed by atoms with Gasteiger partial charge in [0, 0.05) is 0 Å². The predicted octanol–water partition coefficient (Wildman–Crippen LogP) is 4.40. The third-order valence-electron chi connectivity index (χ3n) is 3.18. The summed E-state index contributed by atoms with van der Waals surface area (Å²) in [5.41, 5.74) is 3.69. The third kappa shape index (κ3) is 3.06. The number of rotatable bonds is 4. The zero-order chi connectivity index (χ0) is 11.5. The van der Waals surface area contributed by atoms with Crippen molar-refractivity contribution in [3.05, 3.63) is 48.0 Å². The van der Waals surface area contributed by atoms with Crippen molar-refractivity contribution in [3.8, 4) is 0 Å². The molecule has 0 heterocycles. The van der Waals surface area contributed by atoms with Gasteiger partial charge in [-0.15, -0.1) is 6.58 Å². The molecule has 1 aromatic carbocycles. The SMILES string of the molecule is C=CCc1ccccc1C(C)[Si](C)(C)C. The molecule has 1 unspecified atom stereocenters. The maximum absolute atomic E-state index is 3.83. The maximum atomic E-state index is 3.83. The van der Waals surface area contributed by atoms with E-state index in [1.54, 1.807) is 0 Å². The number of hydrogen-bond donors (Lipinski definition) is 0. The Balaban J connectivity index is 3.07. The monoisotopic (exact) mass is 218 g/mol. The van der Waals surface area contributed by atoms with Gasteiger partial charge in [0.25, 0.3) is 0 Å². The first-order valence-electron chi connectivity index (χ1n) is 5.65. The smallest absolute Gasteiger partial charge is 0.0518 e. The van der Waals surface area contributed by atoms with Gasteiger partial charge in [-0.1, -0.05) is 56.9 Å². The van der Waals surface area contributed by atoms with E-state index >= 15 is 0 Å². The Morgan fingerprint density at radius 3 is 2.40 bits per heavy atom. The van der Waals surface area contributed by atoms with Crippen LogP contribution in [0.25, 0.3) is 0 Å². The predicted molar refractivity (Wildman–Crippen MR) is 72.1 cm³/mol. The largest absolute Gasteiger partial charge is 0.103 e. The molecule has 15 heavy (non-hydrogen) atoms. The first kappa shape index (κ1) is 12.2. The molecule has 0 aromatic heterocycles. The normalized spacial score (nSPS) is 13.6. The first-order valence-corrected chi connectivity index (χ1v) is 9.23. The Kier molecular flexibility index (Phi) is 3.92. The standard InChI is InChI=1S/C14H22Si/c1-6-9-13-10-7-8-11-14(13)12(2)15(3,4)5/h6-8,10-12H,1,9H2,2-5H3. The zero-order valence-electron chi connectivity index (χ0n) is 10.4. The van der Waals surface area contributed by atoms with Crippen molar-refractivity contribution in [3.63, 3.8) is 0 Å². The molecule has 0 saturated carbocycles. The highest BCUT2D eigenvalue weighted by molar-refractivity contribution is 6.77. The van der Waals surface area contributed by atoms with Crippen molar-refractivity contribution in [2.24, 2.45) is 0 Å². The van der Waals surface area contributed by atoms with Crippen LogP contribution in [0.2, 0.25) is 19.6 Å². The van der Waals surface area contributed by atoms with Gasteiger partial charge in [0.1, 0.15) is 0 Å². The van der Waals surface area contributed by atoms with Gasteiger partial charge in [-0.05, 0) is 23.1 Å². The van der Waals surface area contributed by atoms with Crippen molar-refractivity contribution in [1.82, 2.24) is 0 Å². The van der Waals surface area contributed by atoms with Crippen molar-refractivity contribution in [1.29, 1.82) is 0 Å². The van der Waals surface area contributed by atoms with Gasteiger partial charge >= 0.3 is 0 Å². The molecule has 0 bridgehead atoms. The van der Waals surface area contributed by atoms with E-state index in [0.29, 0.717) is 5.54 Å². The van der Waals surface area contributed by atoms with E-state index in [0.717, 1.165) is 6.42 Å². The molecule has 0 aliphatic rings. The lowest BCUT2D eigenvalue weighted by atomic mass is 10.0. The summed E-state index contributed by atoms with van der Waals surface area (Å²) < 4.78 is 0. The molecule has 0 spiro atoms. The molecular weight excluding hydrogens is 196 g/mol. The van der Waals surface area contributed by atoms with Crippen LogP contribution in [0.5, 0.6) is 0 Å². The van der Waals surface area contributed by atoms with E-state index < -0.39 is 8.07 Å². The minimum absolute atomic E-state index is 0.716. The van der Waals surface area contributed by atoms with Gasteiger partial charge in [-0.2, -0.15) is 0 Å². The molecule has 1 heteroatoms. The molecule has 1 rings (SSSR count). The van der Waals surface area contributed by atoms with Crippen LogP contribution >= 0.6 is 0 Å².